The van der Waals surface area contributed by atoms with Gasteiger partial charge in [-0.25, -0.2) is 0 Å². The Hall–Kier alpha value is -2.06. The van der Waals surface area contributed by atoms with Gasteiger partial charge in [0.2, 0.25) is 5.91 Å². The van der Waals surface area contributed by atoms with Crippen molar-refractivity contribution in [3.63, 3.8) is 0 Å². The Balaban J connectivity index is 1.58. The monoisotopic (exact) mass is 340 g/mol. The molecule has 0 radical (unpaired) electrons. The van der Waals surface area contributed by atoms with Crippen molar-refractivity contribution in [1.29, 1.82) is 5.26 Å². The van der Waals surface area contributed by atoms with Crippen LogP contribution in [0.4, 0.5) is 5.69 Å². The maximum atomic E-state index is 12.9. The molecular weight excluding hydrogens is 312 g/mol. The fourth-order valence-electron chi connectivity index (χ4n) is 4.14. The molecule has 2 aliphatic rings. The number of benzene rings is 1. The third kappa shape index (κ3) is 3.80. The van der Waals surface area contributed by atoms with Crippen LogP contribution in [0.25, 0.3) is 0 Å². The first-order valence-electron chi connectivity index (χ1n) is 9.29. The SMILES string of the molecule is CC(C)N1CCN(C(=O)[C@H]2CCN(c3ccc(C#N)cc3)C2)C[C@@H]1C. The Morgan fingerprint density at radius 1 is 1.16 bits per heavy atom. The lowest BCUT2D eigenvalue weighted by molar-refractivity contribution is -0.138. The second-order valence-corrected chi connectivity index (χ2v) is 7.56. The number of hydrogen-bond acceptors (Lipinski definition) is 4. The van der Waals surface area contributed by atoms with Crippen molar-refractivity contribution in [3.8, 4) is 6.07 Å². The van der Waals surface area contributed by atoms with E-state index in [-0.39, 0.29) is 5.92 Å². The molecule has 134 valence electrons. The van der Waals surface area contributed by atoms with Crippen LogP contribution in [-0.2, 0) is 4.79 Å². The molecule has 0 aliphatic carbocycles. The van der Waals surface area contributed by atoms with E-state index >= 15 is 0 Å². The minimum Gasteiger partial charge on any atom is -0.371 e. The number of piperazine rings is 1. The molecule has 3 rings (SSSR count). The first-order chi connectivity index (χ1) is 12.0. The van der Waals surface area contributed by atoms with Gasteiger partial charge in [-0.3, -0.25) is 9.69 Å². The standard InChI is InChI=1S/C20H28N4O/c1-15(2)24-11-10-23(13-16(24)3)20(25)18-8-9-22(14-18)19-6-4-17(12-21)5-7-19/h4-7,15-16,18H,8-11,13-14H2,1-3H3/t16-,18-/m0/s1. The summed E-state index contributed by atoms with van der Waals surface area (Å²) in [4.78, 5) is 19.7. The van der Waals surface area contributed by atoms with Crippen molar-refractivity contribution in [2.75, 3.05) is 37.6 Å². The Morgan fingerprint density at radius 3 is 2.48 bits per heavy atom. The molecule has 2 atom stereocenters. The highest BCUT2D eigenvalue weighted by Crippen LogP contribution is 2.26. The quantitative estimate of drug-likeness (QED) is 0.847. The Kier molecular flexibility index (Phi) is 5.29. The van der Waals surface area contributed by atoms with Crippen LogP contribution in [0, 0.1) is 17.2 Å². The summed E-state index contributed by atoms with van der Waals surface area (Å²) >= 11 is 0. The van der Waals surface area contributed by atoms with E-state index in [0.29, 0.717) is 23.6 Å². The molecular formula is C20H28N4O. The molecule has 0 N–H and O–H groups in total. The zero-order valence-corrected chi connectivity index (χ0v) is 15.5. The molecule has 1 aromatic carbocycles. The number of amides is 1. The molecule has 2 saturated heterocycles. The Labute approximate surface area is 150 Å². The average molecular weight is 340 g/mol. The summed E-state index contributed by atoms with van der Waals surface area (Å²) in [5, 5.41) is 8.91. The van der Waals surface area contributed by atoms with Gasteiger partial charge in [-0.2, -0.15) is 5.26 Å². The van der Waals surface area contributed by atoms with E-state index in [4.69, 9.17) is 5.26 Å². The number of hydrogen-bond donors (Lipinski definition) is 0. The van der Waals surface area contributed by atoms with E-state index in [1.165, 1.54) is 0 Å². The van der Waals surface area contributed by atoms with Crippen molar-refractivity contribution in [2.24, 2.45) is 5.92 Å². The third-order valence-corrected chi connectivity index (χ3v) is 5.55. The Bertz CT molecular complexity index is 649. The summed E-state index contributed by atoms with van der Waals surface area (Å²) < 4.78 is 0. The molecule has 0 bridgehead atoms. The minimum atomic E-state index is 0.0912. The molecule has 5 nitrogen and oxygen atoms in total. The molecule has 25 heavy (non-hydrogen) atoms. The number of nitrogens with zero attached hydrogens (tertiary/aromatic N) is 4. The first-order valence-corrected chi connectivity index (χ1v) is 9.29. The average Bonchev–Trinajstić information content (AvgIpc) is 3.10. The highest BCUT2D eigenvalue weighted by Gasteiger charge is 2.35. The van der Waals surface area contributed by atoms with Crippen molar-refractivity contribution >= 4 is 11.6 Å². The van der Waals surface area contributed by atoms with Crippen molar-refractivity contribution in [3.05, 3.63) is 29.8 Å². The predicted octanol–water partition coefficient (Wildman–Crippen LogP) is 2.33. The largest absolute Gasteiger partial charge is 0.371 e. The van der Waals surface area contributed by atoms with Crippen molar-refractivity contribution in [1.82, 2.24) is 9.80 Å². The van der Waals surface area contributed by atoms with Crippen LogP contribution in [0.15, 0.2) is 24.3 Å². The van der Waals surface area contributed by atoms with Crippen LogP contribution in [0.1, 0.15) is 32.8 Å². The second kappa shape index (κ2) is 7.45. The first kappa shape index (κ1) is 17.8. The summed E-state index contributed by atoms with van der Waals surface area (Å²) in [5.41, 5.74) is 1.78. The fraction of sp³-hybridized carbons (Fsp3) is 0.600. The van der Waals surface area contributed by atoms with E-state index < -0.39 is 0 Å². The molecule has 1 amide bonds. The van der Waals surface area contributed by atoms with Gasteiger partial charge in [0.25, 0.3) is 0 Å². The minimum absolute atomic E-state index is 0.0912. The number of carbonyl (C=O) groups excluding carboxylic acids is 1. The molecule has 1 aromatic rings. The van der Waals surface area contributed by atoms with Gasteiger partial charge in [0.1, 0.15) is 0 Å². The van der Waals surface area contributed by atoms with Crippen molar-refractivity contribution < 1.29 is 4.79 Å². The van der Waals surface area contributed by atoms with E-state index in [2.05, 4.69) is 41.5 Å². The second-order valence-electron chi connectivity index (χ2n) is 7.56. The summed E-state index contributed by atoms with van der Waals surface area (Å²) in [7, 11) is 0. The summed E-state index contributed by atoms with van der Waals surface area (Å²) in [5.74, 6) is 0.403. The topological polar surface area (TPSA) is 50.6 Å². The summed E-state index contributed by atoms with van der Waals surface area (Å²) in [6, 6.07) is 10.8. The van der Waals surface area contributed by atoms with Gasteiger partial charge in [0, 0.05) is 50.5 Å². The summed E-state index contributed by atoms with van der Waals surface area (Å²) in [6.45, 7) is 11.0. The molecule has 5 heteroatoms. The predicted molar refractivity (Wildman–Crippen MR) is 99.4 cm³/mol. The van der Waals surface area contributed by atoms with E-state index in [1.807, 2.05) is 24.3 Å². The molecule has 2 aliphatic heterocycles. The van der Waals surface area contributed by atoms with Gasteiger partial charge in [0.05, 0.1) is 17.6 Å². The van der Waals surface area contributed by atoms with Gasteiger partial charge in [-0.15, -0.1) is 0 Å². The highest BCUT2D eigenvalue weighted by molar-refractivity contribution is 5.80. The number of nitriles is 1. The fourth-order valence-corrected chi connectivity index (χ4v) is 4.14. The third-order valence-electron chi connectivity index (χ3n) is 5.55. The lowest BCUT2D eigenvalue weighted by Crippen LogP contribution is -2.56. The molecule has 0 spiro atoms. The lowest BCUT2D eigenvalue weighted by atomic mass is 10.0. The van der Waals surface area contributed by atoms with E-state index in [9.17, 15) is 4.79 Å². The number of rotatable bonds is 3. The van der Waals surface area contributed by atoms with Gasteiger partial charge < -0.3 is 9.80 Å². The van der Waals surface area contributed by atoms with Gasteiger partial charge in [-0.1, -0.05) is 0 Å². The highest BCUT2D eigenvalue weighted by atomic mass is 16.2. The summed E-state index contributed by atoms with van der Waals surface area (Å²) in [6.07, 6.45) is 0.914. The van der Waals surface area contributed by atoms with Crippen LogP contribution in [0.2, 0.25) is 0 Å². The van der Waals surface area contributed by atoms with Crippen LogP contribution in [-0.4, -0.2) is 60.5 Å². The van der Waals surface area contributed by atoms with Crippen molar-refractivity contribution in [2.45, 2.75) is 39.3 Å². The van der Waals surface area contributed by atoms with Crippen LogP contribution >= 0.6 is 0 Å². The zero-order chi connectivity index (χ0) is 18.0. The number of anilines is 1. The lowest BCUT2D eigenvalue weighted by Gasteiger charge is -2.42. The van der Waals surface area contributed by atoms with Crippen LogP contribution in [0.5, 0.6) is 0 Å². The number of carbonyl (C=O) groups is 1. The van der Waals surface area contributed by atoms with Gasteiger partial charge in [0.15, 0.2) is 0 Å². The Morgan fingerprint density at radius 2 is 1.88 bits per heavy atom. The normalized spacial score (nSPS) is 24.6. The van der Waals surface area contributed by atoms with Crippen LogP contribution < -0.4 is 4.90 Å². The maximum absolute atomic E-state index is 12.9. The molecule has 0 unspecified atom stereocenters. The zero-order valence-electron chi connectivity index (χ0n) is 15.5. The smallest absolute Gasteiger partial charge is 0.227 e. The maximum Gasteiger partial charge on any atom is 0.227 e. The molecule has 2 heterocycles. The van der Waals surface area contributed by atoms with E-state index in [1.54, 1.807) is 0 Å². The molecule has 2 fully saturated rings. The van der Waals surface area contributed by atoms with Crippen LogP contribution in [0.3, 0.4) is 0 Å². The molecule has 0 aromatic heterocycles. The van der Waals surface area contributed by atoms with Gasteiger partial charge >= 0.3 is 0 Å². The molecule has 0 saturated carbocycles. The van der Waals surface area contributed by atoms with E-state index in [0.717, 1.165) is 44.8 Å². The van der Waals surface area contributed by atoms with Gasteiger partial charge in [-0.05, 0) is 51.5 Å².